The van der Waals surface area contributed by atoms with E-state index < -0.39 is 29.9 Å². The number of nitrogens with one attached hydrogen (secondary N) is 2. The van der Waals surface area contributed by atoms with E-state index in [4.69, 9.17) is 9.47 Å². The number of alkyl halides is 3. The van der Waals surface area contributed by atoms with Crippen LogP contribution in [-0.4, -0.2) is 36.1 Å². The van der Waals surface area contributed by atoms with Crippen LogP contribution in [0.5, 0.6) is 5.75 Å². The third-order valence-electron chi connectivity index (χ3n) is 7.18. The monoisotopic (exact) mass is 527 g/mol. The Labute approximate surface area is 217 Å². The maximum absolute atomic E-state index is 13.5. The molecule has 1 saturated heterocycles. The van der Waals surface area contributed by atoms with Crippen LogP contribution in [0.25, 0.3) is 10.9 Å². The average molecular weight is 528 g/mol. The van der Waals surface area contributed by atoms with Crippen LogP contribution in [0.1, 0.15) is 49.5 Å². The zero-order chi connectivity index (χ0) is 26.9. The molecule has 3 aromatic rings. The molecule has 1 aliphatic carbocycles. The summed E-state index contributed by atoms with van der Waals surface area (Å²) in [5, 5.41) is 6.95. The predicted molar refractivity (Wildman–Crippen MR) is 134 cm³/mol. The lowest BCUT2D eigenvalue weighted by Gasteiger charge is -2.32. The van der Waals surface area contributed by atoms with Crippen LogP contribution >= 0.6 is 0 Å². The number of pyridine rings is 1. The summed E-state index contributed by atoms with van der Waals surface area (Å²) < 4.78 is 51.3. The molecular formula is C28H28F3N3O4. The minimum Gasteiger partial charge on any atom is -0.496 e. The second-order valence-electron chi connectivity index (χ2n) is 9.75. The molecule has 7 nitrogen and oxygen atoms in total. The second-order valence-corrected chi connectivity index (χ2v) is 9.75. The Morgan fingerprint density at radius 3 is 2.61 bits per heavy atom. The number of amides is 1. The Bertz CT molecular complexity index is 1350. The molecule has 5 rings (SSSR count). The first kappa shape index (κ1) is 25.8. The van der Waals surface area contributed by atoms with Crippen molar-refractivity contribution in [2.75, 3.05) is 12.4 Å². The fourth-order valence-electron chi connectivity index (χ4n) is 5.39. The molecule has 200 valence electrons. The number of anilines is 1. The number of methoxy groups -OCH3 is 1. The van der Waals surface area contributed by atoms with E-state index in [2.05, 4.69) is 15.6 Å². The van der Waals surface area contributed by atoms with Crippen molar-refractivity contribution in [3.05, 3.63) is 65.9 Å². The van der Waals surface area contributed by atoms with Gasteiger partial charge in [0.05, 0.1) is 25.0 Å². The van der Waals surface area contributed by atoms with Crippen molar-refractivity contribution >= 4 is 28.5 Å². The van der Waals surface area contributed by atoms with Crippen LogP contribution in [0.3, 0.4) is 0 Å². The summed E-state index contributed by atoms with van der Waals surface area (Å²) in [5.41, 5.74) is 0.312. The number of rotatable bonds is 6. The maximum atomic E-state index is 13.5. The summed E-state index contributed by atoms with van der Waals surface area (Å²) in [7, 11) is 1.52. The number of hydrogen-bond acceptors (Lipinski definition) is 6. The van der Waals surface area contributed by atoms with Crippen molar-refractivity contribution in [3.63, 3.8) is 0 Å². The van der Waals surface area contributed by atoms with Gasteiger partial charge < -0.3 is 20.1 Å². The molecule has 1 saturated carbocycles. The van der Waals surface area contributed by atoms with Gasteiger partial charge in [0.1, 0.15) is 17.5 Å². The molecule has 0 radical (unpaired) electrons. The molecule has 1 aromatic heterocycles. The largest absolute Gasteiger partial charge is 0.496 e. The summed E-state index contributed by atoms with van der Waals surface area (Å²) in [6.45, 7) is 0. The highest BCUT2D eigenvalue weighted by molar-refractivity contribution is 5.91. The van der Waals surface area contributed by atoms with Gasteiger partial charge in [0.2, 0.25) is 5.91 Å². The number of cyclic esters (lactones) is 1. The number of nitrogens with zero attached hydrogens (tertiary/aromatic N) is 1. The van der Waals surface area contributed by atoms with Gasteiger partial charge in [-0.2, -0.15) is 13.2 Å². The average Bonchev–Trinajstić information content (AvgIpc) is 3.30. The molecule has 10 heteroatoms. The van der Waals surface area contributed by atoms with E-state index in [0.29, 0.717) is 28.8 Å². The summed E-state index contributed by atoms with van der Waals surface area (Å²) in [4.78, 5) is 29.2. The topological polar surface area (TPSA) is 89.5 Å². The molecule has 2 N–H and O–H groups in total. The number of hydrogen-bond donors (Lipinski definition) is 2. The molecule has 2 aliphatic rings. The quantitative estimate of drug-likeness (QED) is 0.417. The van der Waals surface area contributed by atoms with Crippen molar-refractivity contribution in [2.45, 2.75) is 56.5 Å². The lowest BCUT2D eigenvalue weighted by molar-refractivity contribution is -0.142. The first-order chi connectivity index (χ1) is 18.2. The Morgan fingerprint density at radius 2 is 1.82 bits per heavy atom. The Kier molecular flexibility index (Phi) is 7.14. The highest BCUT2D eigenvalue weighted by atomic mass is 19.4. The van der Waals surface area contributed by atoms with Crippen LogP contribution < -0.4 is 15.4 Å². The van der Waals surface area contributed by atoms with Crippen LogP contribution in [0.2, 0.25) is 0 Å². The third kappa shape index (κ3) is 5.39. The molecule has 0 unspecified atom stereocenters. The summed E-state index contributed by atoms with van der Waals surface area (Å²) in [6.07, 6.45) is -2.55. The summed E-state index contributed by atoms with van der Waals surface area (Å²) in [6, 6.07) is 14.5. The molecule has 2 fully saturated rings. The zero-order valence-corrected chi connectivity index (χ0v) is 20.8. The highest BCUT2D eigenvalue weighted by Gasteiger charge is 2.43. The first-order valence-electron chi connectivity index (χ1n) is 12.6. The minimum absolute atomic E-state index is 0.0355. The van der Waals surface area contributed by atoms with E-state index in [-0.39, 0.29) is 29.9 Å². The Morgan fingerprint density at radius 1 is 1.08 bits per heavy atom. The predicted octanol–water partition coefficient (Wildman–Crippen LogP) is 5.41. The van der Waals surface area contributed by atoms with Crippen molar-refractivity contribution in [3.8, 4) is 5.75 Å². The Balaban J connectivity index is 1.30. The number of ether oxygens (including phenoxy) is 2. The van der Waals surface area contributed by atoms with E-state index in [1.54, 1.807) is 48.5 Å². The number of fused-ring (bicyclic) bond motifs is 1. The number of para-hydroxylation sites is 2. The molecule has 1 aliphatic heterocycles. The molecule has 0 bridgehead atoms. The van der Waals surface area contributed by atoms with Gasteiger partial charge in [0.25, 0.3) is 0 Å². The van der Waals surface area contributed by atoms with Crippen molar-refractivity contribution in [1.82, 2.24) is 10.3 Å². The van der Waals surface area contributed by atoms with Gasteiger partial charge in [0.15, 0.2) is 0 Å². The van der Waals surface area contributed by atoms with E-state index >= 15 is 0 Å². The number of carbonyl (C=O) groups excluding carboxylic acids is 2. The lowest BCUT2D eigenvalue weighted by atomic mass is 9.89. The van der Waals surface area contributed by atoms with Crippen molar-refractivity contribution in [1.29, 1.82) is 0 Å². The molecule has 2 heterocycles. The van der Waals surface area contributed by atoms with E-state index in [1.165, 1.54) is 7.11 Å². The van der Waals surface area contributed by atoms with Crippen molar-refractivity contribution < 1.29 is 32.2 Å². The van der Waals surface area contributed by atoms with Gasteiger partial charge >= 0.3 is 12.1 Å². The van der Waals surface area contributed by atoms with Gasteiger partial charge in [-0.3, -0.25) is 9.59 Å². The highest BCUT2D eigenvalue weighted by Crippen LogP contribution is 2.40. The molecule has 4 atom stereocenters. The first-order valence-corrected chi connectivity index (χ1v) is 12.6. The number of carbonyl (C=O) groups is 2. The second kappa shape index (κ2) is 10.5. The smallest absolute Gasteiger partial charge is 0.433 e. The number of halogens is 3. The van der Waals surface area contributed by atoms with Gasteiger partial charge in [-0.15, -0.1) is 0 Å². The van der Waals surface area contributed by atoms with Crippen LogP contribution in [0.4, 0.5) is 18.9 Å². The molecule has 38 heavy (non-hydrogen) atoms. The van der Waals surface area contributed by atoms with Crippen LogP contribution in [-0.2, 0) is 20.5 Å². The maximum Gasteiger partial charge on any atom is 0.433 e. The summed E-state index contributed by atoms with van der Waals surface area (Å²) in [5.74, 6) is -0.902. The van der Waals surface area contributed by atoms with Crippen molar-refractivity contribution in [2.24, 2.45) is 5.92 Å². The number of benzene rings is 2. The minimum atomic E-state index is -4.57. The number of esters is 1. The number of aromatic nitrogens is 1. The van der Waals surface area contributed by atoms with E-state index in [9.17, 15) is 22.8 Å². The fraction of sp³-hybridized carbons (Fsp3) is 0.393. The van der Waals surface area contributed by atoms with E-state index in [1.807, 2.05) is 0 Å². The zero-order valence-electron chi connectivity index (χ0n) is 20.8. The third-order valence-corrected chi connectivity index (χ3v) is 7.18. The standard InChI is InChI=1S/C28H28F3N3O4/c1-37-23-12-5-3-10-19(23)26-20(14-25(35)38-26)27(36)33-17-8-6-7-16(13-17)32-22-15-24(28(29,30)31)34-21-11-4-2-9-18(21)22/h2-5,9-12,15-17,20,26H,6-8,13-14H2,1H3,(H,32,34)(H,33,36)/t16-,17+,20+,26-/m0/s1. The van der Waals surface area contributed by atoms with E-state index in [0.717, 1.165) is 25.3 Å². The molecule has 0 spiro atoms. The van der Waals surface area contributed by atoms with Crippen LogP contribution in [0.15, 0.2) is 54.6 Å². The van der Waals surface area contributed by atoms with Gasteiger partial charge in [-0.25, -0.2) is 4.98 Å². The molecule has 1 amide bonds. The summed E-state index contributed by atoms with van der Waals surface area (Å²) >= 11 is 0. The normalized spacial score (nSPS) is 23.6. The lowest BCUT2D eigenvalue weighted by Crippen LogP contribution is -2.44. The fourth-order valence-corrected chi connectivity index (χ4v) is 5.39. The van der Waals surface area contributed by atoms with Gasteiger partial charge in [-0.1, -0.05) is 36.4 Å². The molecular weight excluding hydrogens is 499 g/mol. The molecule has 2 aromatic carbocycles. The van der Waals surface area contributed by atoms with Gasteiger partial charge in [0, 0.05) is 28.7 Å². The Hall–Kier alpha value is -3.82. The van der Waals surface area contributed by atoms with Crippen LogP contribution in [0, 0.1) is 5.92 Å². The van der Waals surface area contributed by atoms with Gasteiger partial charge in [-0.05, 0) is 43.9 Å². The SMILES string of the molecule is COc1ccccc1[C@@H]1OC(=O)C[C@H]1C(=O)N[C@@H]1CCC[C@H](Nc2cc(C(F)(F)F)nc3ccccc23)C1.